The number of hydrogen-bond donors (Lipinski definition) is 25. The van der Waals surface area contributed by atoms with Gasteiger partial charge < -0.3 is 130 Å². The summed E-state index contributed by atoms with van der Waals surface area (Å²) in [6.45, 7) is 6.39. The van der Waals surface area contributed by atoms with Crippen molar-refractivity contribution in [2.75, 3.05) is 51.6 Å². The van der Waals surface area contributed by atoms with Gasteiger partial charge in [-0.2, -0.15) is 12.6 Å². The molecule has 0 saturated carbocycles. The van der Waals surface area contributed by atoms with Gasteiger partial charge in [-0.15, -0.1) is 0 Å². The highest BCUT2D eigenvalue weighted by molar-refractivity contribution is 7.80. The van der Waals surface area contributed by atoms with E-state index in [4.69, 9.17) is 45.2 Å². The van der Waals surface area contributed by atoms with E-state index < -0.39 is 206 Å². The fraction of sp³-hybridized carbons (Fsp3) is 0.577. The number of carboxylic acid groups (broad SMARTS) is 1. The molecule has 43 heteroatoms. The SMILES string of the molecule is CC(C)C[C@H](NC(=O)[C@H](C)NC(=O)[C@@H](N)CS)C(=O)N[C@@H](CCCCN)C(=O)N[C@@H](CCCN=C(N)N)C(=O)N[C@@H](CCC(N)=O)C(=O)NCC(=O)N[C@@H](CCCN=C(N)N)C(=O)N[C@H](C(=O)N[C@@H](CC(C)C)C(=O)N[C@@H](Cc1ccc(O)cc1)C(=O)NCC(=O)N[C@@H](Cc1ccccc1)C(=O)NCC(=O)NCC(=O)O)[C@@H](C)O. The topological polar surface area (TPSA) is 709 Å². The van der Waals surface area contributed by atoms with Crippen LogP contribution in [0.15, 0.2) is 64.6 Å². The molecule has 0 aliphatic rings. The smallest absolute Gasteiger partial charge is 0.322 e. The Kier molecular flexibility index (Phi) is 45.6. The summed E-state index contributed by atoms with van der Waals surface area (Å²) in [5, 5.41) is 64.5. The van der Waals surface area contributed by atoms with Crippen LogP contribution in [0, 0.1) is 11.8 Å². The average molecular weight is 1630 g/mol. The minimum absolute atomic E-state index is 0.0159. The number of benzene rings is 2. The van der Waals surface area contributed by atoms with E-state index in [-0.39, 0.29) is 119 Å². The minimum Gasteiger partial charge on any atom is -0.508 e. The number of thiol groups is 1. The van der Waals surface area contributed by atoms with Crippen molar-refractivity contribution in [1.29, 1.82) is 0 Å². The quantitative estimate of drug-likeness (QED) is 0.0127. The number of aliphatic carboxylic acids is 1. The zero-order valence-electron chi connectivity index (χ0n) is 64.9. The third-order valence-corrected chi connectivity index (χ3v) is 17.1. The molecule has 0 aromatic heterocycles. The van der Waals surface area contributed by atoms with Gasteiger partial charge in [0.05, 0.1) is 31.8 Å². The molecule has 0 radical (unpaired) electrons. The second-order valence-corrected chi connectivity index (χ2v) is 28.0. The van der Waals surface area contributed by atoms with Crippen molar-refractivity contribution < 1.29 is 92.0 Å². The highest BCUT2D eigenvalue weighted by atomic mass is 32.1. The number of rotatable bonds is 54. The number of phenols is 1. The van der Waals surface area contributed by atoms with Crippen molar-refractivity contribution in [3.05, 3.63) is 65.7 Å². The van der Waals surface area contributed by atoms with E-state index in [1.807, 2.05) is 0 Å². The van der Waals surface area contributed by atoms with Crippen molar-refractivity contribution in [1.82, 2.24) is 74.4 Å². The Morgan fingerprint density at radius 1 is 0.421 bits per heavy atom. The number of carboxylic acids is 1. The van der Waals surface area contributed by atoms with E-state index >= 15 is 0 Å². The van der Waals surface area contributed by atoms with E-state index in [1.54, 1.807) is 58.0 Å². The van der Waals surface area contributed by atoms with Crippen LogP contribution in [0.5, 0.6) is 5.75 Å². The van der Waals surface area contributed by atoms with Gasteiger partial charge in [-0.25, -0.2) is 0 Å². The molecule has 0 fully saturated rings. The number of primary amides is 1. The van der Waals surface area contributed by atoms with Crippen LogP contribution < -0.4 is 115 Å². The maximum Gasteiger partial charge on any atom is 0.322 e. The number of unbranched alkanes of at least 4 members (excludes halogenated alkanes) is 1. The lowest BCUT2D eigenvalue weighted by Gasteiger charge is -2.28. The van der Waals surface area contributed by atoms with Crippen molar-refractivity contribution in [3.8, 4) is 5.75 Å². The predicted molar refractivity (Wildman–Crippen MR) is 420 cm³/mol. The summed E-state index contributed by atoms with van der Waals surface area (Å²) < 4.78 is 0. The number of nitrogens with one attached hydrogen (secondary N) is 14. The first-order valence-corrected chi connectivity index (χ1v) is 37.7. The van der Waals surface area contributed by atoms with Gasteiger partial charge in [0.2, 0.25) is 88.6 Å². The molecule has 0 saturated heterocycles. The first-order chi connectivity index (χ1) is 53.7. The van der Waals surface area contributed by atoms with Crippen molar-refractivity contribution >= 4 is 119 Å². The first kappa shape index (κ1) is 98.6. The standard InChI is InChI=1S/C71H115N23O19S/c1-37(2)28-49(91-59(103)39(5)85-60(104)44(73)36-114)67(111)89-46(16-10-11-25-72)64(108)88-47(18-13-27-80-71(77)78)65(109)90-48(23-24-53(74)97)61(105)83-33-55(99)86-45(17-12-26-79-70(75)76)66(110)94-58(40(6)95)69(113)93-50(29-38(3)4)68(112)92-52(31-42-19-21-43(96)22-20-42)63(107)84-34-56(100)87-51(30-41-14-8-7-9-15-41)62(106)82-32-54(98)81-35-57(101)102/h7-9,14-15,19-22,37-40,44-52,58,95-96,114H,10-13,16-18,23-36,72-73H2,1-6H3,(H2,74,97)(H,81,98)(H,82,106)(H,83,105)(H,84,107)(H,85,104)(H,86,99)(H,87,100)(H,88,108)(H,89,111)(H,90,109)(H,91,103)(H,92,112)(H,93,113)(H,94,110)(H,101,102)(H4,75,76,79)(H4,77,78,80)/t39-,40+,44-,45-,46-,47-,48-,49-,50-,51-,52-,58-/m0/s1. The van der Waals surface area contributed by atoms with Crippen molar-refractivity contribution in [2.24, 2.45) is 62.0 Å². The molecule has 0 unspecified atom stereocenters. The summed E-state index contributed by atoms with van der Waals surface area (Å²) in [6, 6.07) is -1.95. The second-order valence-electron chi connectivity index (χ2n) is 27.7. The Morgan fingerprint density at radius 2 is 0.816 bits per heavy atom. The Morgan fingerprint density at radius 3 is 1.26 bits per heavy atom. The summed E-state index contributed by atoms with van der Waals surface area (Å²) >= 11 is 4.01. The molecule has 42 nitrogen and oxygen atoms in total. The minimum atomic E-state index is -1.88. The van der Waals surface area contributed by atoms with E-state index in [9.17, 15) is 86.9 Å². The van der Waals surface area contributed by atoms with Crippen LogP contribution in [0.2, 0.25) is 0 Å². The fourth-order valence-corrected chi connectivity index (χ4v) is 10.9. The molecule has 0 aliphatic carbocycles. The average Bonchev–Trinajstić information content (AvgIpc) is 0.848. The summed E-state index contributed by atoms with van der Waals surface area (Å²) in [7, 11) is 0. The van der Waals surface area contributed by atoms with Gasteiger partial charge in [0.25, 0.3) is 0 Å². The van der Waals surface area contributed by atoms with Crippen LogP contribution in [-0.2, 0) is 89.6 Å². The molecule has 0 aliphatic heterocycles. The lowest BCUT2D eigenvalue weighted by molar-refractivity contribution is -0.138. The molecule has 31 N–H and O–H groups in total. The van der Waals surface area contributed by atoms with Gasteiger partial charge >= 0.3 is 5.97 Å². The second kappa shape index (κ2) is 52.7. The highest BCUT2D eigenvalue weighted by Gasteiger charge is 2.37. The van der Waals surface area contributed by atoms with E-state index in [0.29, 0.717) is 17.5 Å². The van der Waals surface area contributed by atoms with E-state index in [0.717, 1.165) is 6.92 Å². The Bertz CT molecular complexity index is 3610. The number of nitrogens with two attached hydrogens (primary N) is 7. The zero-order chi connectivity index (χ0) is 85.7. The Balaban J connectivity index is 2.46. The van der Waals surface area contributed by atoms with E-state index in [1.165, 1.54) is 31.2 Å². The van der Waals surface area contributed by atoms with Crippen LogP contribution in [0.1, 0.15) is 123 Å². The fourth-order valence-electron chi connectivity index (χ4n) is 10.8. The molecular weight excluding hydrogens is 1510 g/mol. The number of amides is 15. The van der Waals surface area contributed by atoms with Gasteiger partial charge in [0.1, 0.15) is 72.7 Å². The number of carbonyl (C=O) groups excluding carboxylic acids is 15. The molecule has 2 aromatic carbocycles. The lowest BCUT2D eigenvalue weighted by Crippen LogP contribution is -2.61. The van der Waals surface area contributed by atoms with Crippen LogP contribution in [0.4, 0.5) is 0 Å². The summed E-state index contributed by atoms with van der Waals surface area (Å²) in [6.07, 6.45) is -2.95. The monoisotopic (exact) mass is 1630 g/mol. The number of guanidine groups is 2. The van der Waals surface area contributed by atoms with Crippen LogP contribution in [0.25, 0.3) is 0 Å². The molecule has 2 rings (SSSR count). The molecule has 2 aromatic rings. The summed E-state index contributed by atoms with van der Waals surface area (Å²) in [5.74, 6) is -16.6. The Hall–Kier alpha value is -11.5. The molecular formula is C71H115N23O19S. The van der Waals surface area contributed by atoms with Gasteiger partial charge in [-0.1, -0.05) is 70.2 Å². The van der Waals surface area contributed by atoms with Crippen LogP contribution in [0.3, 0.4) is 0 Å². The number of aromatic hydroxyl groups is 1. The number of carbonyl (C=O) groups is 16. The molecule has 634 valence electrons. The molecule has 0 bridgehead atoms. The molecule has 12 atom stereocenters. The maximum atomic E-state index is 14.5. The molecule has 0 spiro atoms. The molecule has 0 heterocycles. The molecule has 114 heavy (non-hydrogen) atoms. The predicted octanol–water partition coefficient (Wildman–Crippen LogP) is -8.17. The number of hydrogen-bond acceptors (Lipinski definition) is 23. The third kappa shape index (κ3) is 40.6. The van der Waals surface area contributed by atoms with Crippen LogP contribution in [-0.4, -0.2) is 246 Å². The summed E-state index contributed by atoms with van der Waals surface area (Å²) in [4.78, 5) is 224. The normalized spacial score (nSPS) is 14.1. The number of aliphatic imine (C=N–C) groups is 2. The molecule has 15 amide bonds. The van der Waals surface area contributed by atoms with Gasteiger partial charge in [0, 0.05) is 38.1 Å². The maximum absolute atomic E-state index is 14.5. The van der Waals surface area contributed by atoms with Crippen molar-refractivity contribution in [2.45, 2.75) is 198 Å². The summed E-state index contributed by atoms with van der Waals surface area (Å²) in [5.41, 5.74) is 40.1. The van der Waals surface area contributed by atoms with Gasteiger partial charge in [0.15, 0.2) is 11.9 Å². The number of aliphatic hydroxyl groups excluding tert-OH is 1. The van der Waals surface area contributed by atoms with Crippen LogP contribution >= 0.6 is 12.6 Å². The number of nitrogens with zero attached hydrogens (tertiary/aromatic N) is 2. The lowest BCUT2D eigenvalue weighted by atomic mass is 10.00. The number of aliphatic hydroxyl groups is 1. The highest BCUT2D eigenvalue weighted by Crippen LogP contribution is 2.15. The van der Waals surface area contributed by atoms with E-state index in [2.05, 4.69) is 97.0 Å². The third-order valence-electron chi connectivity index (χ3n) is 16.7. The van der Waals surface area contributed by atoms with Gasteiger partial charge in [-0.3, -0.25) is 86.7 Å². The van der Waals surface area contributed by atoms with Crippen molar-refractivity contribution in [3.63, 3.8) is 0 Å². The Labute approximate surface area is 665 Å². The largest absolute Gasteiger partial charge is 0.508 e. The van der Waals surface area contributed by atoms with Gasteiger partial charge in [-0.05, 0) is 120 Å². The first-order valence-electron chi connectivity index (χ1n) is 37.0. The number of phenolic OH excluding ortho intramolecular Hbond substituents is 1. The zero-order valence-corrected chi connectivity index (χ0v) is 65.8.